The van der Waals surface area contributed by atoms with E-state index in [4.69, 9.17) is 5.73 Å². The molecule has 5 nitrogen and oxygen atoms in total. The third-order valence-electron chi connectivity index (χ3n) is 5.47. The molecule has 3 N–H and O–H groups in total. The second-order valence-electron chi connectivity index (χ2n) is 6.88. The van der Waals surface area contributed by atoms with Gasteiger partial charge in [-0.25, -0.2) is 0 Å². The zero-order valence-corrected chi connectivity index (χ0v) is 13.4. The molecule has 0 bridgehead atoms. The number of hydrogen-bond donors (Lipinski definition) is 2. The van der Waals surface area contributed by atoms with Gasteiger partial charge in [0, 0.05) is 35.6 Å². The SMILES string of the molecule is CC(O)N1CCC[C@H]2c3cccc4c3c(cn4CC(N)=O)C[C@@H]21. The van der Waals surface area contributed by atoms with E-state index in [-0.39, 0.29) is 12.5 Å². The Morgan fingerprint density at radius 2 is 2.30 bits per heavy atom. The van der Waals surface area contributed by atoms with Gasteiger partial charge in [0.05, 0.1) is 0 Å². The predicted molar refractivity (Wildman–Crippen MR) is 89.0 cm³/mol. The summed E-state index contributed by atoms with van der Waals surface area (Å²) < 4.78 is 1.97. The highest BCUT2D eigenvalue weighted by Gasteiger charge is 2.39. The largest absolute Gasteiger partial charge is 0.379 e. The van der Waals surface area contributed by atoms with Crippen LogP contribution in [0.2, 0.25) is 0 Å². The van der Waals surface area contributed by atoms with E-state index in [0.717, 1.165) is 31.3 Å². The number of primary amides is 1. The van der Waals surface area contributed by atoms with E-state index in [1.54, 1.807) is 0 Å². The summed E-state index contributed by atoms with van der Waals surface area (Å²) in [5.74, 6) is 0.139. The maximum absolute atomic E-state index is 11.4. The summed E-state index contributed by atoms with van der Waals surface area (Å²) in [5, 5.41) is 11.4. The first-order chi connectivity index (χ1) is 11.1. The number of likely N-dealkylation sites (tertiary alicyclic amines) is 1. The molecule has 122 valence electrons. The van der Waals surface area contributed by atoms with E-state index in [0.29, 0.717) is 12.0 Å². The van der Waals surface area contributed by atoms with Crippen molar-refractivity contribution < 1.29 is 9.90 Å². The zero-order chi connectivity index (χ0) is 16.1. The van der Waals surface area contributed by atoms with Crippen molar-refractivity contribution >= 4 is 16.8 Å². The van der Waals surface area contributed by atoms with Crippen molar-refractivity contribution in [3.05, 3.63) is 35.5 Å². The number of nitrogens with two attached hydrogens (primary N) is 1. The van der Waals surface area contributed by atoms with Crippen LogP contribution in [0.5, 0.6) is 0 Å². The van der Waals surface area contributed by atoms with E-state index in [9.17, 15) is 9.90 Å². The molecule has 1 saturated heterocycles. The summed E-state index contributed by atoms with van der Waals surface area (Å²) in [6.45, 7) is 3.03. The van der Waals surface area contributed by atoms with E-state index >= 15 is 0 Å². The van der Waals surface area contributed by atoms with Gasteiger partial charge >= 0.3 is 0 Å². The molecule has 1 unspecified atom stereocenters. The molecule has 2 aliphatic rings. The van der Waals surface area contributed by atoms with Crippen LogP contribution < -0.4 is 5.73 Å². The van der Waals surface area contributed by atoms with Crippen molar-refractivity contribution in [3.63, 3.8) is 0 Å². The van der Waals surface area contributed by atoms with Crippen LogP contribution in [0.3, 0.4) is 0 Å². The van der Waals surface area contributed by atoms with Gasteiger partial charge in [-0.05, 0) is 43.4 Å². The number of hydrogen-bond acceptors (Lipinski definition) is 3. The number of nitrogens with zero attached hydrogens (tertiary/aromatic N) is 2. The first-order valence-corrected chi connectivity index (χ1v) is 8.39. The Kier molecular flexibility index (Phi) is 3.43. The van der Waals surface area contributed by atoms with Gasteiger partial charge in [0.25, 0.3) is 0 Å². The molecular formula is C18H23N3O2. The fourth-order valence-electron chi connectivity index (χ4n) is 4.63. The molecule has 1 aromatic carbocycles. The molecule has 1 amide bonds. The molecule has 2 heterocycles. The standard InChI is InChI=1S/C18H23N3O2/c1-11(22)21-7-3-5-13-14-4-2-6-15-18(14)12(8-16(13)21)9-20(15)10-17(19)23/h2,4,6,9,11,13,16,22H,3,5,7-8,10H2,1H3,(H2,19,23)/t11?,13-,16-/m0/s1. The number of carbonyl (C=O) groups is 1. The molecule has 0 spiro atoms. The average molecular weight is 313 g/mol. The molecule has 23 heavy (non-hydrogen) atoms. The Bertz CT molecular complexity index is 765. The number of fused-ring (bicyclic) bond motifs is 2. The normalized spacial score (nSPS) is 25.3. The maximum atomic E-state index is 11.4. The van der Waals surface area contributed by atoms with Crippen LogP contribution in [0.4, 0.5) is 0 Å². The van der Waals surface area contributed by atoms with Crippen molar-refractivity contribution in [2.45, 2.75) is 50.9 Å². The van der Waals surface area contributed by atoms with Gasteiger partial charge in [-0.1, -0.05) is 12.1 Å². The molecule has 2 aromatic rings. The molecule has 1 aromatic heterocycles. The van der Waals surface area contributed by atoms with Crippen LogP contribution in [-0.2, 0) is 17.8 Å². The van der Waals surface area contributed by atoms with Crippen molar-refractivity contribution in [3.8, 4) is 0 Å². The van der Waals surface area contributed by atoms with Gasteiger partial charge in [-0.3, -0.25) is 9.69 Å². The minimum atomic E-state index is -0.420. The van der Waals surface area contributed by atoms with E-state index in [1.807, 2.05) is 11.5 Å². The quantitative estimate of drug-likeness (QED) is 0.903. The third-order valence-corrected chi connectivity index (χ3v) is 5.47. The van der Waals surface area contributed by atoms with E-state index < -0.39 is 6.23 Å². The zero-order valence-electron chi connectivity index (χ0n) is 13.4. The van der Waals surface area contributed by atoms with Gasteiger partial charge in [0.15, 0.2) is 0 Å². The van der Waals surface area contributed by atoms with E-state index in [1.165, 1.54) is 16.5 Å². The maximum Gasteiger partial charge on any atom is 0.237 e. The molecular weight excluding hydrogens is 290 g/mol. The molecule has 1 aliphatic carbocycles. The number of amides is 1. The second kappa shape index (κ2) is 5.35. The smallest absolute Gasteiger partial charge is 0.237 e. The van der Waals surface area contributed by atoms with Crippen LogP contribution in [-0.4, -0.2) is 39.3 Å². The number of carbonyl (C=O) groups excluding carboxylic acids is 1. The second-order valence-corrected chi connectivity index (χ2v) is 6.88. The van der Waals surface area contributed by atoms with Crippen molar-refractivity contribution in [2.75, 3.05) is 6.54 Å². The lowest BCUT2D eigenvalue weighted by Crippen LogP contribution is -2.50. The summed E-state index contributed by atoms with van der Waals surface area (Å²) in [4.78, 5) is 13.6. The molecule has 1 aliphatic heterocycles. The molecule has 4 rings (SSSR count). The van der Waals surface area contributed by atoms with Gasteiger partial charge in [-0.15, -0.1) is 0 Å². The van der Waals surface area contributed by atoms with Crippen molar-refractivity contribution in [1.82, 2.24) is 9.47 Å². The monoisotopic (exact) mass is 313 g/mol. The van der Waals surface area contributed by atoms with Crippen LogP contribution in [0.25, 0.3) is 10.9 Å². The van der Waals surface area contributed by atoms with Crippen LogP contribution in [0.15, 0.2) is 24.4 Å². The highest BCUT2D eigenvalue weighted by Crippen LogP contribution is 2.44. The first kappa shape index (κ1) is 14.7. The fourth-order valence-corrected chi connectivity index (χ4v) is 4.63. The number of aromatic nitrogens is 1. The Labute approximate surface area is 135 Å². The summed E-state index contributed by atoms with van der Waals surface area (Å²) in [6, 6.07) is 6.69. The first-order valence-electron chi connectivity index (χ1n) is 8.39. The number of rotatable bonds is 3. The summed E-state index contributed by atoms with van der Waals surface area (Å²) in [6.07, 6.45) is 4.85. The lowest BCUT2D eigenvalue weighted by Gasteiger charge is -2.45. The summed E-state index contributed by atoms with van der Waals surface area (Å²) in [7, 11) is 0. The van der Waals surface area contributed by atoms with Crippen LogP contribution in [0, 0.1) is 0 Å². The highest BCUT2D eigenvalue weighted by atomic mass is 16.3. The summed E-state index contributed by atoms with van der Waals surface area (Å²) in [5.41, 5.74) is 9.13. The van der Waals surface area contributed by atoms with Crippen molar-refractivity contribution in [1.29, 1.82) is 0 Å². The topological polar surface area (TPSA) is 71.5 Å². The highest BCUT2D eigenvalue weighted by molar-refractivity contribution is 5.90. The Hall–Kier alpha value is -1.85. The number of benzene rings is 1. The lowest BCUT2D eigenvalue weighted by atomic mass is 9.75. The minimum Gasteiger partial charge on any atom is -0.379 e. The van der Waals surface area contributed by atoms with Crippen LogP contribution >= 0.6 is 0 Å². The Morgan fingerprint density at radius 1 is 1.48 bits per heavy atom. The molecule has 3 atom stereocenters. The van der Waals surface area contributed by atoms with E-state index in [2.05, 4.69) is 29.3 Å². The van der Waals surface area contributed by atoms with Gasteiger partial charge in [0.1, 0.15) is 12.8 Å². The number of piperidine rings is 1. The van der Waals surface area contributed by atoms with Gasteiger partial charge < -0.3 is 15.4 Å². The Morgan fingerprint density at radius 3 is 3.04 bits per heavy atom. The van der Waals surface area contributed by atoms with Crippen LogP contribution in [0.1, 0.15) is 36.8 Å². The van der Waals surface area contributed by atoms with Gasteiger partial charge in [0.2, 0.25) is 5.91 Å². The summed E-state index contributed by atoms with van der Waals surface area (Å²) >= 11 is 0. The minimum absolute atomic E-state index is 0.218. The predicted octanol–water partition coefficient (Wildman–Crippen LogP) is 1.57. The Balaban J connectivity index is 1.84. The molecule has 0 radical (unpaired) electrons. The molecule has 1 fully saturated rings. The average Bonchev–Trinajstić information content (AvgIpc) is 2.85. The lowest BCUT2D eigenvalue weighted by molar-refractivity contribution is -0.118. The number of aliphatic hydroxyl groups is 1. The fraction of sp³-hybridized carbons (Fsp3) is 0.500. The van der Waals surface area contributed by atoms with Gasteiger partial charge in [-0.2, -0.15) is 0 Å². The third kappa shape index (κ3) is 2.26. The molecule has 0 saturated carbocycles. The number of aliphatic hydroxyl groups excluding tert-OH is 1. The molecule has 5 heteroatoms. The van der Waals surface area contributed by atoms with Crippen molar-refractivity contribution in [2.24, 2.45) is 5.73 Å².